The van der Waals surface area contributed by atoms with E-state index in [0.29, 0.717) is 12.1 Å². The molecule has 220 valence electrons. The average molecular weight is 632 g/mol. The maximum atomic E-state index is 13.7. The minimum Gasteiger partial charge on any atom is -0.294 e. The molecule has 0 spiro atoms. The summed E-state index contributed by atoms with van der Waals surface area (Å²) in [6.45, 7) is 6.97. The van der Waals surface area contributed by atoms with E-state index in [1.807, 2.05) is 0 Å². The van der Waals surface area contributed by atoms with Gasteiger partial charge in [0.05, 0.1) is 16.0 Å². The van der Waals surface area contributed by atoms with Gasteiger partial charge in [-0.15, -0.1) is 0 Å². The molecule has 0 radical (unpaired) electrons. The smallest absolute Gasteiger partial charge is 0.294 e. The highest BCUT2D eigenvalue weighted by molar-refractivity contribution is 8.46. The fourth-order valence-electron chi connectivity index (χ4n) is 2.36. The van der Waals surface area contributed by atoms with Gasteiger partial charge in [0.25, 0.3) is 0 Å². The lowest BCUT2D eigenvalue weighted by Gasteiger charge is -2.40. The molecule has 38 heavy (non-hydrogen) atoms. The van der Waals surface area contributed by atoms with E-state index in [4.69, 9.17) is 0 Å². The fraction of sp³-hybridized carbons (Fsp3) is 0.300. The molecular formula is C20H21F12NO2S3. The van der Waals surface area contributed by atoms with E-state index in [1.165, 1.54) is 6.92 Å². The molecule has 0 unspecified atom stereocenters. The molecule has 0 aromatic heterocycles. The van der Waals surface area contributed by atoms with Crippen molar-refractivity contribution < 1.29 is 56.6 Å². The first-order valence-corrected chi connectivity index (χ1v) is 14.8. The van der Waals surface area contributed by atoms with Gasteiger partial charge in [0.2, 0.25) is 0 Å². The van der Waals surface area contributed by atoms with Crippen molar-refractivity contribution in [3.05, 3.63) is 59.2 Å². The van der Waals surface area contributed by atoms with Gasteiger partial charge >= 0.3 is 20.4 Å². The van der Waals surface area contributed by atoms with Gasteiger partial charge in [-0.1, -0.05) is 38.9 Å². The Morgan fingerprint density at radius 3 is 1.32 bits per heavy atom. The molecule has 0 aliphatic heterocycles. The number of hydrogen-bond donors (Lipinski definition) is 0. The topological polar surface area (TPSA) is 46.5 Å². The van der Waals surface area contributed by atoms with E-state index >= 15 is 0 Å². The number of ketones is 1. The fourth-order valence-corrected chi connectivity index (χ4v) is 4.28. The van der Waals surface area contributed by atoms with Crippen molar-refractivity contribution in [1.82, 2.24) is 0 Å². The Kier molecular flexibility index (Phi) is 7.69. The molecule has 0 aliphatic carbocycles. The van der Waals surface area contributed by atoms with Crippen LogP contribution in [0.3, 0.4) is 0 Å². The molecule has 0 amide bonds. The summed E-state index contributed by atoms with van der Waals surface area (Å²) >= 11 is 0. The third-order valence-electron chi connectivity index (χ3n) is 4.28. The quantitative estimate of drug-likeness (QED) is 0.187. The molecule has 0 saturated carbocycles. The van der Waals surface area contributed by atoms with Crippen LogP contribution in [0.25, 0.3) is 0 Å². The normalized spacial score (nSPS) is 17.7. The second-order valence-electron chi connectivity index (χ2n) is 8.82. The Balaban J connectivity index is 0.000000399. The number of benzene rings is 2. The van der Waals surface area contributed by atoms with Gasteiger partial charge in [-0.25, -0.2) is 13.0 Å². The van der Waals surface area contributed by atoms with E-state index in [9.17, 15) is 56.6 Å². The summed E-state index contributed by atoms with van der Waals surface area (Å²) in [7, 11) is -21.6. The summed E-state index contributed by atoms with van der Waals surface area (Å²) in [6.07, 6.45) is 0. The molecule has 18 heteroatoms. The second kappa shape index (κ2) is 8.64. The van der Waals surface area contributed by atoms with Gasteiger partial charge in [-0.05, 0) is 71.0 Å². The third kappa shape index (κ3) is 9.52. The SMILES string of the molecule is CC(=N[S@](=O)C(C)(C)C)c1ccc(S(F)(F)(F)(F)F)cc1F.CC(=O)c1ccc(S(F)(F)(F)(F)F)cc1F. The summed E-state index contributed by atoms with van der Waals surface area (Å²) < 4.78 is 165. The van der Waals surface area contributed by atoms with E-state index < -0.39 is 74.5 Å². The first kappa shape index (κ1) is 33.8. The predicted octanol–water partition coefficient (Wildman–Crippen LogP) is 10.4. The molecule has 0 bridgehead atoms. The van der Waals surface area contributed by atoms with E-state index in [-0.39, 0.29) is 30.0 Å². The van der Waals surface area contributed by atoms with Crippen molar-refractivity contribution in [3.8, 4) is 0 Å². The summed E-state index contributed by atoms with van der Waals surface area (Å²) in [5.74, 6) is -3.96. The van der Waals surface area contributed by atoms with Crippen LogP contribution in [0, 0.1) is 11.6 Å². The summed E-state index contributed by atoms with van der Waals surface area (Å²) in [4.78, 5) is 6.03. The van der Waals surface area contributed by atoms with Crippen LogP contribution in [0.5, 0.6) is 0 Å². The summed E-state index contributed by atoms with van der Waals surface area (Å²) in [5.41, 5.74) is -1.21. The van der Waals surface area contributed by atoms with Crippen molar-refractivity contribution in [2.24, 2.45) is 4.40 Å². The Morgan fingerprint density at radius 1 is 0.711 bits per heavy atom. The Hall–Kier alpha value is -2.21. The second-order valence-corrected chi connectivity index (χ2v) is 15.5. The number of Topliss-reactive ketones (excluding diaryl/α,β-unsaturated/α-hetero) is 1. The third-order valence-corrected chi connectivity index (χ3v) is 8.06. The van der Waals surface area contributed by atoms with Crippen LogP contribution in [-0.4, -0.2) is 20.5 Å². The maximum absolute atomic E-state index is 13.7. The Labute approximate surface area is 212 Å². The van der Waals surface area contributed by atoms with Crippen LogP contribution >= 0.6 is 20.4 Å². The molecule has 2 rings (SSSR count). The molecule has 2 aromatic rings. The lowest BCUT2D eigenvalue weighted by molar-refractivity contribution is 0.101. The number of halogens is 12. The number of nitrogens with zero attached hydrogens (tertiary/aromatic N) is 1. The van der Waals surface area contributed by atoms with Crippen LogP contribution in [-0.2, 0) is 11.0 Å². The van der Waals surface area contributed by atoms with Crippen LogP contribution in [0.4, 0.5) is 47.6 Å². The molecule has 0 heterocycles. The molecular weight excluding hydrogens is 610 g/mol. The van der Waals surface area contributed by atoms with Gasteiger partial charge in [-0.3, -0.25) is 4.79 Å². The Morgan fingerprint density at radius 2 is 1.05 bits per heavy atom. The highest BCUT2D eigenvalue weighted by Gasteiger charge is 2.66. The molecule has 0 fully saturated rings. The highest BCUT2D eigenvalue weighted by Crippen LogP contribution is 3.02. The average Bonchev–Trinajstić information content (AvgIpc) is 2.63. The van der Waals surface area contributed by atoms with E-state index in [2.05, 4.69) is 4.40 Å². The van der Waals surface area contributed by atoms with Crippen molar-refractivity contribution >= 4 is 42.9 Å². The first-order chi connectivity index (χ1) is 16.2. The zero-order valence-corrected chi connectivity index (χ0v) is 22.4. The van der Waals surface area contributed by atoms with Gasteiger partial charge < -0.3 is 0 Å². The first-order valence-electron chi connectivity index (χ1n) is 9.79. The van der Waals surface area contributed by atoms with Crippen molar-refractivity contribution in [2.75, 3.05) is 0 Å². The van der Waals surface area contributed by atoms with Gasteiger partial charge in [0, 0.05) is 5.56 Å². The molecule has 0 N–H and O–H groups in total. The molecule has 0 aliphatic rings. The van der Waals surface area contributed by atoms with E-state index in [1.54, 1.807) is 20.8 Å². The molecule has 0 saturated heterocycles. The number of carbonyl (C=O) groups is 1. The predicted molar refractivity (Wildman–Crippen MR) is 126 cm³/mol. The summed E-state index contributed by atoms with van der Waals surface area (Å²) in [5, 5.41) is 0. The number of carbonyl (C=O) groups excluding carboxylic acids is 1. The zero-order chi connectivity index (χ0) is 30.5. The van der Waals surface area contributed by atoms with Gasteiger partial charge in [0.1, 0.15) is 32.4 Å². The molecule has 2 aromatic carbocycles. The zero-order valence-electron chi connectivity index (χ0n) is 20.0. The minimum absolute atomic E-state index is 0.00136. The number of rotatable bonds is 5. The standard InChI is InChI=1S/C12H15F6NOS2.C8H6F6OS/c1-8(19-21(20)12(2,3)4)10-6-5-9(7-11(10)13)22(14,15,16,17)18;1-5(15)7-3-2-6(4-8(7)9)16(10,11,12,13)14/h5-7H,1-4H3;2-4H,1H3/t21-;/m1./s1. The molecule has 3 nitrogen and oxygen atoms in total. The lowest BCUT2D eigenvalue weighted by Crippen LogP contribution is -2.21. The van der Waals surface area contributed by atoms with Crippen molar-refractivity contribution in [1.29, 1.82) is 0 Å². The number of hydrogen-bond acceptors (Lipinski definition) is 2. The van der Waals surface area contributed by atoms with Crippen molar-refractivity contribution in [2.45, 2.75) is 49.2 Å². The monoisotopic (exact) mass is 631 g/mol. The van der Waals surface area contributed by atoms with Gasteiger partial charge in [0.15, 0.2) is 5.78 Å². The highest BCUT2D eigenvalue weighted by atomic mass is 32.5. The van der Waals surface area contributed by atoms with Crippen molar-refractivity contribution in [3.63, 3.8) is 0 Å². The van der Waals surface area contributed by atoms with Crippen LogP contribution in [0.1, 0.15) is 50.5 Å². The maximum Gasteiger partial charge on any atom is 0.310 e. The lowest BCUT2D eigenvalue weighted by atomic mass is 10.1. The van der Waals surface area contributed by atoms with Crippen LogP contribution in [0.2, 0.25) is 0 Å². The van der Waals surface area contributed by atoms with Crippen LogP contribution in [0.15, 0.2) is 50.6 Å². The molecule has 1 atom stereocenters. The van der Waals surface area contributed by atoms with Crippen LogP contribution < -0.4 is 0 Å². The minimum atomic E-state index is -9.93. The van der Waals surface area contributed by atoms with E-state index in [0.717, 1.165) is 6.92 Å². The largest absolute Gasteiger partial charge is 0.310 e. The van der Waals surface area contributed by atoms with Gasteiger partial charge in [-0.2, -0.15) is 4.40 Å². The summed E-state index contributed by atoms with van der Waals surface area (Å²) in [6, 6.07) is 0.417. The Bertz CT molecular complexity index is 1330.